The topological polar surface area (TPSA) is 47.2 Å². The van der Waals surface area contributed by atoms with Gasteiger partial charge in [0.05, 0.1) is 28.0 Å². The van der Waals surface area contributed by atoms with Crippen LogP contribution in [-0.4, -0.2) is 19.2 Å². The molecule has 0 amide bonds. The van der Waals surface area contributed by atoms with Crippen LogP contribution in [0.1, 0.15) is 24.4 Å². The summed E-state index contributed by atoms with van der Waals surface area (Å²) >= 11 is 12.5. The smallest absolute Gasteiger partial charge is 0.144 e. The first-order chi connectivity index (χ1) is 13.1. The molecule has 1 aromatic carbocycles. The highest BCUT2D eigenvalue weighted by Gasteiger charge is 2.31. The fourth-order valence-electron chi connectivity index (χ4n) is 3.63. The number of halogens is 2. The van der Waals surface area contributed by atoms with Crippen molar-refractivity contribution in [2.45, 2.75) is 13.0 Å². The summed E-state index contributed by atoms with van der Waals surface area (Å²) < 4.78 is 4.03. The van der Waals surface area contributed by atoms with E-state index < -0.39 is 0 Å². The number of allylic oxidation sites excluding steroid dienone is 2. The molecule has 0 radical (unpaired) electrons. The van der Waals surface area contributed by atoms with Gasteiger partial charge in [-0.15, -0.1) is 0 Å². The van der Waals surface area contributed by atoms with Crippen LogP contribution >= 0.6 is 23.2 Å². The molecule has 0 saturated heterocycles. The van der Waals surface area contributed by atoms with E-state index in [0.29, 0.717) is 10.0 Å². The van der Waals surface area contributed by atoms with Crippen molar-refractivity contribution >= 4 is 40.1 Å². The average molecular weight is 396 g/mol. The maximum Gasteiger partial charge on any atom is 0.144 e. The predicted molar refractivity (Wildman–Crippen MR) is 108 cm³/mol. The summed E-state index contributed by atoms with van der Waals surface area (Å²) in [4.78, 5) is 4.71. The zero-order chi connectivity index (χ0) is 18.5. The minimum atomic E-state index is -0.170. The minimum Gasteiger partial charge on any atom is -0.344 e. The van der Waals surface area contributed by atoms with Gasteiger partial charge in [-0.25, -0.2) is 9.67 Å². The number of nitrogens with one attached hydrogen (secondary N) is 1. The summed E-state index contributed by atoms with van der Waals surface area (Å²) in [6.07, 6.45) is 5.68. The molecule has 1 aliphatic heterocycles. The normalized spacial score (nSPS) is 16.5. The van der Waals surface area contributed by atoms with E-state index in [1.165, 1.54) is 0 Å². The van der Waals surface area contributed by atoms with E-state index in [4.69, 9.17) is 28.2 Å². The van der Waals surface area contributed by atoms with E-state index >= 15 is 0 Å². The van der Waals surface area contributed by atoms with Crippen molar-refractivity contribution in [3.8, 4) is 0 Å². The summed E-state index contributed by atoms with van der Waals surface area (Å²) in [6.45, 7) is 2.06. The van der Waals surface area contributed by atoms with Crippen LogP contribution in [0.3, 0.4) is 0 Å². The van der Waals surface area contributed by atoms with E-state index in [2.05, 4.69) is 21.7 Å². The molecular weight excluding hydrogens is 381 g/mol. The quantitative estimate of drug-likeness (QED) is 0.501. The van der Waals surface area contributed by atoms with Gasteiger partial charge in [0.2, 0.25) is 0 Å². The number of anilines is 1. The number of imidazole rings is 1. The summed E-state index contributed by atoms with van der Waals surface area (Å²) in [5, 5.41) is 9.04. The van der Waals surface area contributed by atoms with Crippen molar-refractivity contribution in [2.75, 3.05) is 5.32 Å². The predicted octanol–water partition coefficient (Wildman–Crippen LogP) is 5.28. The molecule has 0 bridgehead atoms. The van der Waals surface area contributed by atoms with E-state index in [9.17, 15) is 0 Å². The standard InChI is InChI=1S/C20H15Cl2N5/c1-12-18(20-23-11-14-4-2-3-9-26(14)20)19(27-17(25-12)7-8-24-27)13-5-6-15(21)16(22)10-13/h2-11,19,25H,1H3. The molecule has 1 N–H and O–H groups in total. The third kappa shape index (κ3) is 2.54. The van der Waals surface area contributed by atoms with Gasteiger partial charge in [0.25, 0.3) is 0 Å². The second-order valence-electron chi connectivity index (χ2n) is 6.48. The number of hydrogen-bond acceptors (Lipinski definition) is 3. The zero-order valence-electron chi connectivity index (χ0n) is 14.4. The van der Waals surface area contributed by atoms with Gasteiger partial charge in [0.1, 0.15) is 17.7 Å². The first-order valence-corrected chi connectivity index (χ1v) is 9.28. The molecule has 4 heterocycles. The third-order valence-corrected chi connectivity index (χ3v) is 5.59. The van der Waals surface area contributed by atoms with Crippen LogP contribution in [0.25, 0.3) is 11.1 Å². The van der Waals surface area contributed by atoms with Crippen LogP contribution in [0, 0.1) is 0 Å². The van der Waals surface area contributed by atoms with Gasteiger partial charge >= 0.3 is 0 Å². The molecule has 134 valence electrons. The Morgan fingerprint density at radius 1 is 1.07 bits per heavy atom. The maximum absolute atomic E-state index is 6.32. The Bertz CT molecular complexity index is 1200. The van der Waals surface area contributed by atoms with Crippen molar-refractivity contribution in [3.05, 3.63) is 88.2 Å². The fraction of sp³-hybridized carbons (Fsp3) is 0.100. The van der Waals surface area contributed by atoms with Crippen molar-refractivity contribution in [1.82, 2.24) is 19.2 Å². The first kappa shape index (κ1) is 16.4. The summed E-state index contributed by atoms with van der Waals surface area (Å²) in [5.74, 6) is 1.79. The lowest BCUT2D eigenvalue weighted by atomic mass is 9.95. The van der Waals surface area contributed by atoms with Crippen LogP contribution in [0.5, 0.6) is 0 Å². The van der Waals surface area contributed by atoms with Gasteiger partial charge in [0.15, 0.2) is 0 Å². The molecule has 4 aromatic rings. The number of benzene rings is 1. The van der Waals surface area contributed by atoms with E-state index in [1.54, 1.807) is 6.20 Å². The lowest BCUT2D eigenvalue weighted by Gasteiger charge is -2.30. The summed E-state index contributed by atoms with van der Waals surface area (Å²) in [5.41, 5.74) is 4.09. The van der Waals surface area contributed by atoms with Gasteiger partial charge in [0, 0.05) is 23.5 Å². The maximum atomic E-state index is 6.32. The van der Waals surface area contributed by atoms with E-state index in [0.717, 1.165) is 34.0 Å². The van der Waals surface area contributed by atoms with Crippen LogP contribution in [0.2, 0.25) is 10.0 Å². The Morgan fingerprint density at radius 2 is 1.96 bits per heavy atom. The highest BCUT2D eigenvalue weighted by atomic mass is 35.5. The highest BCUT2D eigenvalue weighted by Crippen LogP contribution is 2.41. The Labute approximate surface area is 165 Å². The second kappa shape index (κ2) is 6.15. The van der Waals surface area contributed by atoms with E-state index in [1.807, 2.05) is 59.5 Å². The molecule has 1 atom stereocenters. The van der Waals surface area contributed by atoms with Crippen LogP contribution < -0.4 is 5.32 Å². The summed E-state index contributed by atoms with van der Waals surface area (Å²) in [7, 11) is 0. The Kier molecular flexibility index (Phi) is 3.74. The fourth-order valence-corrected chi connectivity index (χ4v) is 3.94. The van der Waals surface area contributed by atoms with Crippen LogP contribution in [0.15, 0.2) is 66.8 Å². The van der Waals surface area contributed by atoms with Crippen molar-refractivity contribution < 1.29 is 0 Å². The Morgan fingerprint density at radius 3 is 2.81 bits per heavy atom. The molecule has 0 fully saturated rings. The number of aromatic nitrogens is 4. The molecule has 0 aliphatic carbocycles. The monoisotopic (exact) mass is 395 g/mol. The van der Waals surface area contributed by atoms with Gasteiger partial charge in [-0.2, -0.15) is 5.10 Å². The molecule has 1 unspecified atom stereocenters. The van der Waals surface area contributed by atoms with Crippen molar-refractivity contribution in [2.24, 2.45) is 0 Å². The number of rotatable bonds is 2. The van der Waals surface area contributed by atoms with Gasteiger partial charge in [-0.3, -0.25) is 4.40 Å². The molecule has 27 heavy (non-hydrogen) atoms. The van der Waals surface area contributed by atoms with Crippen molar-refractivity contribution in [3.63, 3.8) is 0 Å². The molecule has 7 heteroatoms. The molecule has 5 nitrogen and oxygen atoms in total. The lowest BCUT2D eigenvalue weighted by Crippen LogP contribution is -2.24. The first-order valence-electron chi connectivity index (χ1n) is 8.52. The molecule has 1 aliphatic rings. The minimum absolute atomic E-state index is 0.170. The molecule has 5 rings (SSSR count). The van der Waals surface area contributed by atoms with Crippen LogP contribution in [-0.2, 0) is 0 Å². The van der Waals surface area contributed by atoms with Gasteiger partial charge in [-0.05, 0) is 36.8 Å². The zero-order valence-corrected chi connectivity index (χ0v) is 15.9. The second-order valence-corrected chi connectivity index (χ2v) is 7.29. The largest absolute Gasteiger partial charge is 0.344 e. The molecule has 3 aromatic heterocycles. The number of fused-ring (bicyclic) bond motifs is 2. The Balaban J connectivity index is 1.77. The van der Waals surface area contributed by atoms with E-state index in [-0.39, 0.29) is 6.04 Å². The van der Waals surface area contributed by atoms with Crippen molar-refractivity contribution in [1.29, 1.82) is 0 Å². The molecule has 0 spiro atoms. The number of nitrogens with zero attached hydrogens (tertiary/aromatic N) is 4. The van der Waals surface area contributed by atoms with Gasteiger partial charge in [-0.1, -0.05) is 35.3 Å². The number of pyridine rings is 1. The Hall–Kier alpha value is -2.76. The van der Waals surface area contributed by atoms with Gasteiger partial charge < -0.3 is 5.32 Å². The lowest BCUT2D eigenvalue weighted by molar-refractivity contribution is 0.615. The molecular formula is C20H15Cl2N5. The third-order valence-electron chi connectivity index (χ3n) is 4.85. The highest BCUT2D eigenvalue weighted by molar-refractivity contribution is 6.42. The number of hydrogen-bond donors (Lipinski definition) is 1. The molecule has 0 saturated carbocycles. The summed E-state index contributed by atoms with van der Waals surface area (Å²) in [6, 6.07) is 13.5. The SMILES string of the molecule is CC1=C(c2ncc3ccccn23)C(c2ccc(Cl)c(Cl)c2)n2nccc2N1. The average Bonchev–Trinajstić information content (AvgIpc) is 3.29. The van der Waals surface area contributed by atoms with Crippen LogP contribution in [0.4, 0.5) is 5.82 Å².